The van der Waals surface area contributed by atoms with E-state index < -0.39 is 0 Å². The Labute approximate surface area is 97.8 Å². The Balaban J connectivity index is 2.92. The average molecular weight is 271 g/mol. The Morgan fingerprint density at radius 1 is 1.47 bits per heavy atom. The number of hydrogen-bond acceptors (Lipinski definition) is 1. The van der Waals surface area contributed by atoms with E-state index in [4.69, 9.17) is 4.74 Å². The summed E-state index contributed by atoms with van der Waals surface area (Å²) >= 11 is 3.28. The van der Waals surface area contributed by atoms with Crippen molar-refractivity contribution in [1.82, 2.24) is 0 Å². The Hall–Kier alpha value is -1.01. The summed E-state index contributed by atoms with van der Waals surface area (Å²) in [5.74, 6) is 6.18. The highest BCUT2D eigenvalue weighted by Gasteiger charge is 2.01. The van der Waals surface area contributed by atoms with Crippen LogP contribution in [0.2, 0.25) is 0 Å². The molecule has 0 aliphatic rings. The summed E-state index contributed by atoms with van der Waals surface area (Å²) in [6, 6.07) is 4.38. The minimum atomic E-state index is -0.290. The first-order chi connectivity index (χ1) is 7.27. The van der Waals surface area contributed by atoms with Crippen LogP contribution in [0.3, 0.4) is 0 Å². The Bertz CT molecular complexity index is 379. The fraction of sp³-hybridized carbons (Fsp3) is 0.333. The van der Waals surface area contributed by atoms with E-state index in [9.17, 15) is 4.39 Å². The van der Waals surface area contributed by atoms with Crippen LogP contribution >= 0.6 is 15.9 Å². The third-order valence-corrected chi connectivity index (χ3v) is 2.08. The SMILES string of the molecule is CCOc1ccc(F)cc1C#CCCBr. The van der Waals surface area contributed by atoms with Crippen LogP contribution in [0.5, 0.6) is 5.75 Å². The number of alkyl halides is 1. The van der Waals surface area contributed by atoms with Gasteiger partial charge in [-0.1, -0.05) is 27.8 Å². The van der Waals surface area contributed by atoms with Gasteiger partial charge in [-0.25, -0.2) is 4.39 Å². The van der Waals surface area contributed by atoms with E-state index in [-0.39, 0.29) is 5.82 Å². The van der Waals surface area contributed by atoms with Crippen molar-refractivity contribution in [2.75, 3.05) is 11.9 Å². The molecule has 1 aromatic rings. The number of ether oxygens (including phenoxy) is 1. The molecule has 0 spiro atoms. The summed E-state index contributed by atoms with van der Waals surface area (Å²) in [5.41, 5.74) is 0.609. The molecule has 80 valence electrons. The van der Waals surface area contributed by atoms with Crippen molar-refractivity contribution in [1.29, 1.82) is 0 Å². The smallest absolute Gasteiger partial charge is 0.135 e. The van der Waals surface area contributed by atoms with Gasteiger partial charge in [0, 0.05) is 11.8 Å². The van der Waals surface area contributed by atoms with Crippen molar-refractivity contribution in [3.63, 3.8) is 0 Å². The first-order valence-corrected chi connectivity index (χ1v) is 5.87. The zero-order valence-electron chi connectivity index (χ0n) is 8.52. The predicted molar refractivity (Wildman–Crippen MR) is 62.9 cm³/mol. The summed E-state index contributed by atoms with van der Waals surface area (Å²) in [6.45, 7) is 2.44. The number of benzene rings is 1. The van der Waals surface area contributed by atoms with Gasteiger partial charge >= 0.3 is 0 Å². The Morgan fingerprint density at radius 2 is 2.27 bits per heavy atom. The van der Waals surface area contributed by atoms with Crippen LogP contribution in [0.1, 0.15) is 18.9 Å². The van der Waals surface area contributed by atoms with Crippen molar-refractivity contribution in [2.45, 2.75) is 13.3 Å². The standard InChI is InChI=1S/C12H12BrFO/c1-2-15-12-7-6-11(14)9-10(12)5-3-4-8-13/h6-7,9H,2,4,8H2,1H3. The highest BCUT2D eigenvalue weighted by molar-refractivity contribution is 9.09. The maximum Gasteiger partial charge on any atom is 0.135 e. The Kier molecular flexibility index (Phi) is 5.20. The second-order valence-corrected chi connectivity index (χ2v) is 3.61. The van der Waals surface area contributed by atoms with Crippen LogP contribution in [0.15, 0.2) is 18.2 Å². The molecule has 0 saturated carbocycles. The molecule has 0 fully saturated rings. The first kappa shape index (κ1) is 12.1. The van der Waals surface area contributed by atoms with Gasteiger partial charge in [-0.2, -0.15) is 0 Å². The molecule has 0 heterocycles. The van der Waals surface area contributed by atoms with Gasteiger partial charge in [0.2, 0.25) is 0 Å². The minimum Gasteiger partial charge on any atom is -0.493 e. The summed E-state index contributed by atoms with van der Waals surface area (Å²) in [7, 11) is 0. The topological polar surface area (TPSA) is 9.23 Å². The number of rotatable bonds is 3. The summed E-state index contributed by atoms with van der Waals surface area (Å²) in [6.07, 6.45) is 0.738. The molecule has 1 rings (SSSR count). The molecular weight excluding hydrogens is 259 g/mol. The number of hydrogen-bond donors (Lipinski definition) is 0. The van der Waals surface area contributed by atoms with E-state index >= 15 is 0 Å². The average Bonchev–Trinajstić information content (AvgIpc) is 2.22. The fourth-order valence-electron chi connectivity index (χ4n) is 1.09. The zero-order valence-corrected chi connectivity index (χ0v) is 10.1. The second kappa shape index (κ2) is 6.47. The van der Waals surface area contributed by atoms with Gasteiger partial charge in [-0.05, 0) is 25.1 Å². The number of halogens is 2. The minimum absolute atomic E-state index is 0.290. The van der Waals surface area contributed by atoms with Gasteiger partial charge in [0.1, 0.15) is 11.6 Å². The molecule has 0 saturated heterocycles. The third kappa shape index (κ3) is 3.93. The molecule has 0 radical (unpaired) electrons. The molecule has 15 heavy (non-hydrogen) atoms. The molecule has 0 unspecified atom stereocenters. The zero-order chi connectivity index (χ0) is 11.1. The van der Waals surface area contributed by atoms with Gasteiger partial charge in [0.05, 0.1) is 12.2 Å². The molecule has 3 heteroatoms. The van der Waals surface area contributed by atoms with Crippen LogP contribution in [0.25, 0.3) is 0 Å². The van der Waals surface area contributed by atoms with Crippen molar-refractivity contribution in [3.05, 3.63) is 29.6 Å². The molecule has 0 N–H and O–H groups in total. The second-order valence-electron chi connectivity index (χ2n) is 2.81. The first-order valence-electron chi connectivity index (χ1n) is 4.75. The van der Waals surface area contributed by atoms with Crippen molar-refractivity contribution >= 4 is 15.9 Å². The van der Waals surface area contributed by atoms with E-state index in [0.717, 1.165) is 11.8 Å². The lowest BCUT2D eigenvalue weighted by atomic mass is 10.2. The highest BCUT2D eigenvalue weighted by Crippen LogP contribution is 2.18. The Morgan fingerprint density at radius 3 is 2.93 bits per heavy atom. The molecule has 0 atom stereocenters. The summed E-state index contributed by atoms with van der Waals surface area (Å²) < 4.78 is 18.3. The van der Waals surface area contributed by atoms with Crippen LogP contribution in [-0.4, -0.2) is 11.9 Å². The van der Waals surface area contributed by atoms with Gasteiger partial charge in [0.15, 0.2) is 0 Å². The predicted octanol–water partition coefficient (Wildman–Crippen LogP) is 3.36. The maximum atomic E-state index is 13.0. The monoisotopic (exact) mass is 270 g/mol. The van der Waals surface area contributed by atoms with E-state index in [1.807, 2.05) is 6.92 Å². The fourth-order valence-corrected chi connectivity index (χ4v) is 1.28. The summed E-state index contributed by atoms with van der Waals surface area (Å²) in [5, 5.41) is 0.819. The molecule has 0 aliphatic heterocycles. The third-order valence-electron chi connectivity index (χ3n) is 1.68. The van der Waals surface area contributed by atoms with Crippen LogP contribution in [0.4, 0.5) is 4.39 Å². The van der Waals surface area contributed by atoms with Crippen LogP contribution < -0.4 is 4.74 Å². The van der Waals surface area contributed by atoms with Crippen LogP contribution in [0, 0.1) is 17.7 Å². The van der Waals surface area contributed by atoms with E-state index in [1.165, 1.54) is 12.1 Å². The van der Waals surface area contributed by atoms with Gasteiger partial charge in [-0.15, -0.1) is 0 Å². The molecular formula is C12H12BrFO. The van der Waals surface area contributed by atoms with E-state index in [2.05, 4.69) is 27.8 Å². The molecule has 0 aromatic heterocycles. The molecule has 0 amide bonds. The van der Waals surface area contributed by atoms with E-state index in [0.29, 0.717) is 17.9 Å². The largest absolute Gasteiger partial charge is 0.493 e. The van der Waals surface area contributed by atoms with Gasteiger partial charge < -0.3 is 4.74 Å². The molecule has 1 aromatic carbocycles. The van der Waals surface area contributed by atoms with Crippen molar-refractivity contribution in [3.8, 4) is 17.6 Å². The normalized spacial score (nSPS) is 9.27. The molecule has 0 aliphatic carbocycles. The van der Waals surface area contributed by atoms with Crippen LogP contribution in [-0.2, 0) is 0 Å². The molecule has 0 bridgehead atoms. The highest BCUT2D eigenvalue weighted by atomic mass is 79.9. The van der Waals surface area contributed by atoms with Gasteiger partial charge in [0.25, 0.3) is 0 Å². The van der Waals surface area contributed by atoms with Crippen molar-refractivity contribution < 1.29 is 9.13 Å². The lowest BCUT2D eigenvalue weighted by Gasteiger charge is -2.05. The molecule has 1 nitrogen and oxygen atoms in total. The van der Waals surface area contributed by atoms with Crippen molar-refractivity contribution in [2.24, 2.45) is 0 Å². The lowest BCUT2D eigenvalue weighted by Crippen LogP contribution is -1.94. The maximum absolute atomic E-state index is 13.0. The van der Waals surface area contributed by atoms with E-state index in [1.54, 1.807) is 6.07 Å². The van der Waals surface area contributed by atoms with Gasteiger partial charge in [-0.3, -0.25) is 0 Å². The quantitative estimate of drug-likeness (QED) is 0.605. The lowest BCUT2D eigenvalue weighted by molar-refractivity contribution is 0.338. The summed E-state index contributed by atoms with van der Waals surface area (Å²) in [4.78, 5) is 0.